The molecule has 0 spiro atoms. The highest BCUT2D eigenvalue weighted by Crippen LogP contribution is 2.32. The van der Waals surface area contributed by atoms with E-state index < -0.39 is 0 Å². The van der Waals surface area contributed by atoms with Crippen LogP contribution in [0.5, 0.6) is 0 Å². The summed E-state index contributed by atoms with van der Waals surface area (Å²) < 4.78 is 14.7. The highest BCUT2D eigenvalue weighted by molar-refractivity contribution is 7.18. The third-order valence-corrected chi connectivity index (χ3v) is 6.75. The lowest BCUT2D eigenvalue weighted by Crippen LogP contribution is -2.34. The van der Waals surface area contributed by atoms with Crippen molar-refractivity contribution in [3.05, 3.63) is 105 Å². The van der Waals surface area contributed by atoms with Crippen LogP contribution < -0.4 is 5.56 Å². The first kappa shape index (κ1) is 20.3. The van der Waals surface area contributed by atoms with Crippen LogP contribution >= 0.6 is 11.3 Å². The molecule has 0 fully saturated rings. The van der Waals surface area contributed by atoms with Gasteiger partial charge >= 0.3 is 0 Å². The van der Waals surface area contributed by atoms with Gasteiger partial charge < -0.3 is 4.90 Å². The molecule has 7 heteroatoms. The minimum Gasteiger partial charge on any atom is -0.334 e. The molecule has 0 unspecified atom stereocenters. The van der Waals surface area contributed by atoms with Gasteiger partial charge in [-0.2, -0.15) is 0 Å². The van der Waals surface area contributed by atoms with Crippen molar-refractivity contribution in [3.8, 4) is 0 Å². The van der Waals surface area contributed by atoms with Crippen molar-refractivity contribution in [2.75, 3.05) is 6.54 Å². The Bertz CT molecular complexity index is 1370. The van der Waals surface area contributed by atoms with Crippen LogP contribution in [0, 0.1) is 5.82 Å². The molecule has 1 aliphatic rings. The largest absolute Gasteiger partial charge is 0.334 e. The van der Waals surface area contributed by atoms with Gasteiger partial charge in [-0.15, -0.1) is 11.3 Å². The molecule has 5 rings (SSSR count). The number of benzene rings is 2. The molecule has 0 atom stereocenters. The van der Waals surface area contributed by atoms with Crippen LogP contribution in [0.3, 0.4) is 0 Å². The minimum atomic E-state index is -0.306. The van der Waals surface area contributed by atoms with Gasteiger partial charge in [0, 0.05) is 17.5 Å². The molecular weight excluding hydrogens is 425 g/mol. The molecule has 0 bridgehead atoms. The number of carbonyl (C=O) groups excluding carboxylic acids is 1. The van der Waals surface area contributed by atoms with Crippen LogP contribution in [0.25, 0.3) is 16.3 Å². The lowest BCUT2D eigenvalue weighted by molar-refractivity contribution is -0.126. The molecule has 0 aliphatic carbocycles. The Morgan fingerprint density at radius 1 is 1.12 bits per heavy atom. The fourth-order valence-corrected chi connectivity index (χ4v) is 5.14. The number of amides is 1. The molecule has 1 aliphatic heterocycles. The quantitative estimate of drug-likeness (QED) is 0.442. The van der Waals surface area contributed by atoms with E-state index in [0.29, 0.717) is 36.3 Å². The minimum absolute atomic E-state index is 0.0429. The molecule has 0 saturated carbocycles. The van der Waals surface area contributed by atoms with E-state index in [1.54, 1.807) is 34.0 Å². The van der Waals surface area contributed by atoms with E-state index in [1.807, 2.05) is 36.4 Å². The van der Waals surface area contributed by atoms with Crippen molar-refractivity contribution in [1.29, 1.82) is 0 Å². The van der Waals surface area contributed by atoms with Crippen LogP contribution in [-0.2, 0) is 24.3 Å². The summed E-state index contributed by atoms with van der Waals surface area (Å²) in [4.78, 5) is 33.9. The summed E-state index contributed by atoms with van der Waals surface area (Å²) >= 11 is 1.47. The van der Waals surface area contributed by atoms with Crippen molar-refractivity contribution in [2.24, 2.45) is 0 Å². The third kappa shape index (κ3) is 3.99. The summed E-state index contributed by atoms with van der Waals surface area (Å²) in [6.07, 6.45) is 5.58. The Morgan fingerprint density at radius 3 is 2.69 bits per heavy atom. The van der Waals surface area contributed by atoms with Crippen molar-refractivity contribution < 1.29 is 9.18 Å². The number of carbonyl (C=O) groups is 1. The van der Waals surface area contributed by atoms with Crippen molar-refractivity contribution >= 4 is 33.5 Å². The first-order chi connectivity index (χ1) is 15.6. The van der Waals surface area contributed by atoms with Crippen LogP contribution in [0.1, 0.15) is 21.6 Å². The predicted octanol–water partition coefficient (Wildman–Crippen LogP) is 4.24. The van der Waals surface area contributed by atoms with Gasteiger partial charge in [0.2, 0.25) is 5.91 Å². The first-order valence-corrected chi connectivity index (χ1v) is 11.2. The molecule has 160 valence electrons. The number of nitrogens with zero attached hydrogens (tertiary/aromatic N) is 3. The fraction of sp³-hybridized carbons (Fsp3) is 0.160. The predicted molar refractivity (Wildman–Crippen MR) is 124 cm³/mol. The number of halogens is 1. The van der Waals surface area contributed by atoms with Crippen LogP contribution in [-0.4, -0.2) is 26.9 Å². The maximum Gasteiger partial charge on any atom is 0.262 e. The van der Waals surface area contributed by atoms with E-state index in [0.717, 1.165) is 21.6 Å². The van der Waals surface area contributed by atoms with Crippen molar-refractivity contribution in [2.45, 2.75) is 19.5 Å². The number of fused-ring (bicyclic) bond motifs is 3. The topological polar surface area (TPSA) is 55.2 Å². The Balaban J connectivity index is 1.39. The number of thiophene rings is 1. The van der Waals surface area contributed by atoms with Gasteiger partial charge in [0.1, 0.15) is 10.6 Å². The maximum absolute atomic E-state index is 13.2. The van der Waals surface area contributed by atoms with Crippen molar-refractivity contribution in [3.63, 3.8) is 0 Å². The van der Waals surface area contributed by atoms with E-state index in [9.17, 15) is 14.0 Å². The van der Waals surface area contributed by atoms with Gasteiger partial charge in [-0.05, 0) is 41.3 Å². The second-order valence-corrected chi connectivity index (χ2v) is 8.83. The molecular formula is C25H20FN3O2S. The van der Waals surface area contributed by atoms with Gasteiger partial charge in [0.05, 0.1) is 24.8 Å². The highest BCUT2D eigenvalue weighted by atomic mass is 32.1. The monoisotopic (exact) mass is 445 g/mol. The maximum atomic E-state index is 13.2. The van der Waals surface area contributed by atoms with E-state index in [4.69, 9.17) is 0 Å². The molecule has 0 radical (unpaired) electrons. The Labute approximate surface area is 188 Å². The average Bonchev–Trinajstić information content (AvgIpc) is 3.20. The lowest BCUT2D eigenvalue weighted by atomic mass is 10.1. The van der Waals surface area contributed by atoms with E-state index in [1.165, 1.54) is 23.5 Å². The van der Waals surface area contributed by atoms with E-state index in [2.05, 4.69) is 4.98 Å². The molecule has 1 amide bonds. The Morgan fingerprint density at radius 2 is 1.91 bits per heavy atom. The average molecular weight is 446 g/mol. The Kier molecular flexibility index (Phi) is 5.41. The molecule has 0 saturated heterocycles. The second-order valence-electron chi connectivity index (χ2n) is 7.74. The standard InChI is InChI=1S/C25H20FN3O2S/c26-19-9-6-18(7-10-19)14-29-16-27-24-23(25(29)31)20-12-13-28(15-21(20)32-24)22(30)11-8-17-4-2-1-3-5-17/h1-11,16H,12-15H2/b11-8+. The van der Waals surface area contributed by atoms with Gasteiger partial charge in [-0.25, -0.2) is 9.37 Å². The lowest BCUT2D eigenvalue weighted by Gasteiger charge is -2.25. The SMILES string of the molecule is O=C(/C=C/c1ccccc1)N1CCc2c(sc3ncn(Cc4ccc(F)cc4)c(=O)c23)C1. The first-order valence-electron chi connectivity index (χ1n) is 10.3. The van der Waals surface area contributed by atoms with Crippen LogP contribution in [0.15, 0.2) is 71.8 Å². The zero-order valence-corrected chi connectivity index (χ0v) is 18.0. The zero-order valence-electron chi connectivity index (χ0n) is 17.2. The second kappa shape index (κ2) is 8.51. The fourth-order valence-electron chi connectivity index (χ4n) is 3.94. The summed E-state index contributed by atoms with van der Waals surface area (Å²) in [6.45, 7) is 1.37. The highest BCUT2D eigenvalue weighted by Gasteiger charge is 2.25. The van der Waals surface area contributed by atoms with Crippen molar-refractivity contribution in [1.82, 2.24) is 14.5 Å². The van der Waals surface area contributed by atoms with E-state index >= 15 is 0 Å². The zero-order chi connectivity index (χ0) is 22.1. The summed E-state index contributed by atoms with van der Waals surface area (Å²) in [6, 6.07) is 15.8. The van der Waals surface area contributed by atoms with E-state index in [-0.39, 0.29) is 17.3 Å². The Hall–Kier alpha value is -3.58. The summed E-state index contributed by atoms with van der Waals surface area (Å²) in [5, 5.41) is 0.640. The third-order valence-electron chi connectivity index (χ3n) is 5.62. The molecule has 2 aromatic heterocycles. The van der Waals surface area contributed by atoms with Crippen LogP contribution in [0.2, 0.25) is 0 Å². The molecule has 3 heterocycles. The summed E-state index contributed by atoms with van der Waals surface area (Å²) in [5.41, 5.74) is 2.71. The molecule has 4 aromatic rings. The molecule has 32 heavy (non-hydrogen) atoms. The molecule has 0 N–H and O–H groups in total. The number of hydrogen-bond acceptors (Lipinski definition) is 4. The summed E-state index contributed by atoms with van der Waals surface area (Å²) in [5.74, 6) is -0.349. The molecule has 2 aromatic carbocycles. The normalized spacial score (nSPS) is 13.6. The van der Waals surface area contributed by atoms with Gasteiger partial charge in [-0.1, -0.05) is 42.5 Å². The smallest absolute Gasteiger partial charge is 0.262 e. The number of aromatic nitrogens is 2. The number of rotatable bonds is 4. The number of hydrogen-bond donors (Lipinski definition) is 0. The van der Waals surface area contributed by atoms with Gasteiger partial charge in [-0.3, -0.25) is 14.2 Å². The summed E-state index contributed by atoms with van der Waals surface area (Å²) in [7, 11) is 0. The van der Waals surface area contributed by atoms with Crippen LogP contribution in [0.4, 0.5) is 4.39 Å². The van der Waals surface area contributed by atoms with Gasteiger partial charge in [0.25, 0.3) is 5.56 Å². The van der Waals surface area contributed by atoms with Gasteiger partial charge in [0.15, 0.2) is 0 Å². The molecule has 5 nitrogen and oxygen atoms in total.